The second kappa shape index (κ2) is 8.87. The molecular formula is C20H23N5O3S. The van der Waals surface area contributed by atoms with Crippen LogP contribution in [0.25, 0.3) is 0 Å². The lowest BCUT2D eigenvalue weighted by molar-refractivity contribution is 0.354. The first-order valence-corrected chi connectivity index (χ1v) is 9.84. The molecule has 8 nitrogen and oxygen atoms in total. The summed E-state index contributed by atoms with van der Waals surface area (Å²) in [5.74, 6) is 7.85. The van der Waals surface area contributed by atoms with Crippen LogP contribution in [-0.2, 0) is 5.75 Å². The second-order valence-corrected chi connectivity index (χ2v) is 7.35. The number of rotatable bonds is 7. The van der Waals surface area contributed by atoms with Crippen LogP contribution in [0.2, 0.25) is 0 Å². The Morgan fingerprint density at radius 3 is 2.48 bits per heavy atom. The Balaban J connectivity index is 1.75. The molecular weight excluding hydrogens is 390 g/mol. The number of benzene rings is 2. The van der Waals surface area contributed by atoms with E-state index in [1.165, 1.54) is 17.3 Å². The summed E-state index contributed by atoms with van der Waals surface area (Å²) in [5, 5.41) is 11.4. The van der Waals surface area contributed by atoms with Crippen molar-refractivity contribution in [1.82, 2.24) is 14.9 Å². The fourth-order valence-corrected chi connectivity index (χ4v) is 3.43. The lowest BCUT2D eigenvalue weighted by Crippen LogP contribution is -2.32. The summed E-state index contributed by atoms with van der Waals surface area (Å²) in [5.41, 5.74) is 3.55. The molecule has 3 rings (SSSR count). The molecule has 1 heterocycles. The number of thioether (sulfide) groups is 1. The van der Waals surface area contributed by atoms with Gasteiger partial charge in [0.2, 0.25) is 11.0 Å². The van der Waals surface area contributed by atoms with Crippen molar-refractivity contribution in [3.05, 3.63) is 63.4 Å². The van der Waals surface area contributed by atoms with E-state index in [1.54, 1.807) is 14.2 Å². The molecule has 0 aliphatic heterocycles. The second-order valence-electron chi connectivity index (χ2n) is 6.41. The molecule has 0 aliphatic rings. The number of nitrogen functional groups attached to an aromatic ring is 1. The Morgan fingerprint density at radius 1 is 1.03 bits per heavy atom. The third-order valence-corrected chi connectivity index (χ3v) is 5.46. The Labute approximate surface area is 173 Å². The van der Waals surface area contributed by atoms with E-state index in [-0.39, 0.29) is 5.82 Å². The van der Waals surface area contributed by atoms with E-state index < -0.39 is 5.56 Å². The molecule has 0 fully saturated rings. The molecule has 9 heteroatoms. The van der Waals surface area contributed by atoms with E-state index in [9.17, 15) is 4.79 Å². The molecule has 0 spiro atoms. The lowest BCUT2D eigenvalue weighted by Gasteiger charge is -2.11. The Bertz CT molecular complexity index is 1080. The zero-order chi connectivity index (χ0) is 21.0. The van der Waals surface area contributed by atoms with Gasteiger partial charge in [-0.25, -0.2) is 0 Å². The number of hydrogen-bond acceptors (Lipinski definition) is 8. The summed E-state index contributed by atoms with van der Waals surface area (Å²) in [6.45, 7) is 4.03. The van der Waals surface area contributed by atoms with Gasteiger partial charge in [-0.15, -0.1) is 10.2 Å². The smallest absolute Gasteiger partial charge is 0.315 e. The molecule has 3 aromatic rings. The number of nitrogens with zero attached hydrogens (tertiary/aromatic N) is 3. The average Bonchev–Trinajstić information content (AvgIpc) is 2.73. The molecule has 0 saturated carbocycles. The Kier molecular flexibility index (Phi) is 6.28. The molecule has 0 saturated heterocycles. The van der Waals surface area contributed by atoms with Crippen molar-refractivity contribution in [1.29, 1.82) is 0 Å². The highest BCUT2D eigenvalue weighted by Crippen LogP contribution is 2.30. The zero-order valence-corrected chi connectivity index (χ0v) is 17.5. The number of nitrogens with one attached hydrogen (secondary N) is 1. The molecule has 0 radical (unpaired) electrons. The maximum Gasteiger partial charge on any atom is 0.315 e. The largest absolute Gasteiger partial charge is 0.493 e. The maximum atomic E-state index is 12.6. The number of anilines is 2. The number of ether oxygens (including phenoxy) is 2. The van der Waals surface area contributed by atoms with E-state index in [0.717, 1.165) is 21.5 Å². The van der Waals surface area contributed by atoms with Crippen molar-refractivity contribution >= 4 is 23.3 Å². The third-order valence-electron chi connectivity index (χ3n) is 4.45. The number of aryl methyl sites for hydroxylation is 2. The van der Waals surface area contributed by atoms with Gasteiger partial charge in [0.05, 0.1) is 14.2 Å². The predicted molar refractivity (Wildman–Crippen MR) is 115 cm³/mol. The first-order valence-electron chi connectivity index (χ1n) is 8.85. The molecule has 0 aliphatic carbocycles. The van der Waals surface area contributed by atoms with Gasteiger partial charge in [-0.3, -0.25) is 4.79 Å². The van der Waals surface area contributed by atoms with E-state index in [2.05, 4.69) is 15.5 Å². The van der Waals surface area contributed by atoms with E-state index in [0.29, 0.717) is 22.4 Å². The van der Waals surface area contributed by atoms with Crippen LogP contribution in [0.1, 0.15) is 16.7 Å². The van der Waals surface area contributed by atoms with Crippen LogP contribution >= 0.6 is 11.8 Å². The van der Waals surface area contributed by atoms with Crippen molar-refractivity contribution in [2.24, 2.45) is 0 Å². The lowest BCUT2D eigenvalue weighted by atomic mass is 10.1. The van der Waals surface area contributed by atoms with Gasteiger partial charge < -0.3 is 20.6 Å². The molecule has 1 aromatic heterocycles. The van der Waals surface area contributed by atoms with Gasteiger partial charge >= 0.3 is 5.56 Å². The standard InChI is InChI=1S/C20H23N5O3S/c1-12-5-7-15(9-13(12)2)22-18-19(26)25(21)20(24-23-18)29-11-14-6-8-16(27-3)17(10-14)28-4/h5-10H,11,21H2,1-4H3,(H,22,23). The first kappa shape index (κ1) is 20.5. The summed E-state index contributed by atoms with van der Waals surface area (Å²) in [6.07, 6.45) is 0. The van der Waals surface area contributed by atoms with Crippen LogP contribution in [0.5, 0.6) is 11.5 Å². The molecule has 0 atom stereocenters. The SMILES string of the molecule is COc1ccc(CSc2nnc(Nc3ccc(C)c(C)c3)c(=O)n2N)cc1OC. The zero-order valence-electron chi connectivity index (χ0n) is 16.7. The minimum Gasteiger partial charge on any atom is -0.493 e. The summed E-state index contributed by atoms with van der Waals surface area (Å²) in [6, 6.07) is 11.4. The topological polar surface area (TPSA) is 104 Å². The quantitative estimate of drug-likeness (QED) is 0.450. The highest BCUT2D eigenvalue weighted by atomic mass is 32.2. The van der Waals surface area contributed by atoms with Crippen molar-refractivity contribution in [3.63, 3.8) is 0 Å². The molecule has 2 aromatic carbocycles. The normalized spacial score (nSPS) is 10.6. The fourth-order valence-electron chi connectivity index (χ4n) is 2.64. The van der Waals surface area contributed by atoms with Gasteiger partial charge in [0, 0.05) is 11.4 Å². The average molecular weight is 414 g/mol. The molecule has 152 valence electrons. The van der Waals surface area contributed by atoms with Crippen LogP contribution in [0.4, 0.5) is 11.5 Å². The van der Waals surface area contributed by atoms with Crippen LogP contribution in [0, 0.1) is 13.8 Å². The van der Waals surface area contributed by atoms with Crippen molar-refractivity contribution in [2.75, 3.05) is 25.4 Å². The van der Waals surface area contributed by atoms with Crippen LogP contribution in [0.15, 0.2) is 46.3 Å². The van der Waals surface area contributed by atoms with Gasteiger partial charge in [0.15, 0.2) is 11.5 Å². The fraction of sp³-hybridized carbons (Fsp3) is 0.250. The van der Waals surface area contributed by atoms with Crippen LogP contribution in [0.3, 0.4) is 0 Å². The van der Waals surface area contributed by atoms with Crippen LogP contribution < -0.4 is 26.2 Å². The minimum atomic E-state index is -0.451. The van der Waals surface area contributed by atoms with Crippen LogP contribution in [-0.4, -0.2) is 29.1 Å². The molecule has 0 bridgehead atoms. The minimum absolute atomic E-state index is 0.0752. The Morgan fingerprint density at radius 2 is 1.79 bits per heavy atom. The number of aromatic nitrogens is 3. The van der Waals surface area contributed by atoms with Gasteiger partial charge in [-0.2, -0.15) is 4.68 Å². The van der Waals surface area contributed by atoms with Crippen molar-refractivity contribution < 1.29 is 9.47 Å². The van der Waals surface area contributed by atoms with Gasteiger partial charge in [0.25, 0.3) is 0 Å². The highest BCUT2D eigenvalue weighted by Gasteiger charge is 2.12. The maximum absolute atomic E-state index is 12.6. The summed E-state index contributed by atoms with van der Waals surface area (Å²) >= 11 is 1.31. The number of hydrogen-bond donors (Lipinski definition) is 2. The first-order chi connectivity index (χ1) is 13.9. The molecule has 0 amide bonds. The van der Waals surface area contributed by atoms with E-state index in [1.807, 2.05) is 50.2 Å². The predicted octanol–water partition coefficient (Wildman–Crippen LogP) is 3.02. The summed E-state index contributed by atoms with van der Waals surface area (Å²) in [4.78, 5) is 12.6. The third kappa shape index (κ3) is 4.62. The Hall–Kier alpha value is -3.20. The summed E-state index contributed by atoms with van der Waals surface area (Å²) in [7, 11) is 3.17. The number of nitrogens with two attached hydrogens (primary N) is 1. The monoisotopic (exact) mass is 413 g/mol. The van der Waals surface area contributed by atoms with Crippen molar-refractivity contribution in [3.8, 4) is 11.5 Å². The van der Waals surface area contributed by atoms with Gasteiger partial charge in [0.1, 0.15) is 0 Å². The van der Waals surface area contributed by atoms with E-state index in [4.69, 9.17) is 15.3 Å². The van der Waals surface area contributed by atoms with Gasteiger partial charge in [-0.1, -0.05) is 23.9 Å². The van der Waals surface area contributed by atoms with Gasteiger partial charge in [-0.05, 0) is 54.8 Å². The molecule has 0 unspecified atom stereocenters. The van der Waals surface area contributed by atoms with Crippen molar-refractivity contribution in [2.45, 2.75) is 24.8 Å². The summed E-state index contributed by atoms with van der Waals surface area (Å²) < 4.78 is 11.5. The molecule has 29 heavy (non-hydrogen) atoms. The molecule has 3 N–H and O–H groups in total. The highest BCUT2D eigenvalue weighted by molar-refractivity contribution is 7.98. The van der Waals surface area contributed by atoms with E-state index >= 15 is 0 Å². The number of methoxy groups -OCH3 is 2.